The lowest BCUT2D eigenvalue weighted by Gasteiger charge is -2.27. The monoisotopic (exact) mass is 655 g/mol. The molecule has 0 amide bonds. The third kappa shape index (κ3) is 7.96. The number of nitrogens with zero attached hydrogens (tertiary/aromatic N) is 2. The van der Waals surface area contributed by atoms with Crippen molar-refractivity contribution in [1.29, 1.82) is 0 Å². The van der Waals surface area contributed by atoms with E-state index in [0.717, 1.165) is 54.2 Å². The highest BCUT2D eigenvalue weighted by Gasteiger charge is 2.28. The summed E-state index contributed by atoms with van der Waals surface area (Å²) in [5, 5.41) is 3.91. The van der Waals surface area contributed by atoms with Gasteiger partial charge in [-0.2, -0.15) is 21.6 Å². The Morgan fingerprint density at radius 1 is 0.804 bits per heavy atom. The molecule has 248 valence electrons. The molecular formula is C36H44F3N3O3S. The highest BCUT2D eigenvalue weighted by atomic mass is 32.2. The molecule has 1 atom stereocenters. The number of hydrogen-bond acceptors (Lipinski definition) is 5. The molecule has 4 aromatic carbocycles. The van der Waals surface area contributed by atoms with Crippen molar-refractivity contribution in [1.82, 2.24) is 0 Å². The van der Waals surface area contributed by atoms with Gasteiger partial charge in [0.05, 0.1) is 0 Å². The number of fused-ring (bicyclic) bond motifs is 1. The van der Waals surface area contributed by atoms with Crippen molar-refractivity contribution >= 4 is 38.0 Å². The molecule has 0 saturated heterocycles. The van der Waals surface area contributed by atoms with Gasteiger partial charge in [-0.25, -0.2) is 0 Å². The Hall–Kier alpha value is -3.76. The number of alkyl halides is 3. The Morgan fingerprint density at radius 2 is 1.39 bits per heavy atom. The van der Waals surface area contributed by atoms with Crippen molar-refractivity contribution in [3.05, 3.63) is 95.1 Å². The van der Waals surface area contributed by atoms with Crippen LogP contribution in [0, 0.1) is 6.92 Å². The van der Waals surface area contributed by atoms with Crippen LogP contribution in [0.5, 0.6) is 0 Å². The number of halogens is 3. The molecule has 0 aliphatic carbocycles. The smallest absolute Gasteiger partial charge is 0.385 e. The summed E-state index contributed by atoms with van der Waals surface area (Å²) in [5.74, 6) is -0.416. The van der Waals surface area contributed by atoms with Crippen LogP contribution in [0.25, 0.3) is 10.8 Å². The van der Waals surface area contributed by atoms with E-state index < -0.39 is 28.6 Å². The molecule has 0 spiro atoms. The maximum atomic E-state index is 12.8. The predicted octanol–water partition coefficient (Wildman–Crippen LogP) is 9.02. The Balaban J connectivity index is 1.96. The minimum atomic E-state index is -4.66. The molecule has 0 radical (unpaired) electrons. The average Bonchev–Trinajstić information content (AvgIpc) is 3.01. The molecule has 10 heteroatoms. The highest BCUT2D eigenvalue weighted by Crippen LogP contribution is 2.43. The minimum Gasteiger partial charge on any atom is -0.385 e. The molecule has 0 fully saturated rings. The number of aryl methyl sites for hydroxylation is 1. The van der Waals surface area contributed by atoms with Gasteiger partial charge in [-0.15, -0.1) is 0 Å². The van der Waals surface area contributed by atoms with Crippen LogP contribution in [0.2, 0.25) is 0 Å². The minimum absolute atomic E-state index is 0.0479. The largest absolute Gasteiger partial charge is 0.389 e. The summed E-state index contributed by atoms with van der Waals surface area (Å²) in [6.45, 7) is 13.9. The lowest BCUT2D eigenvalue weighted by Crippen LogP contribution is -2.22. The maximum Gasteiger partial charge on any atom is 0.389 e. The van der Waals surface area contributed by atoms with Crippen molar-refractivity contribution in [2.45, 2.75) is 64.5 Å². The van der Waals surface area contributed by atoms with E-state index in [0.29, 0.717) is 22.0 Å². The van der Waals surface area contributed by atoms with Crippen LogP contribution in [-0.2, 0) is 10.1 Å². The summed E-state index contributed by atoms with van der Waals surface area (Å²) in [7, 11) is -4.66. The molecule has 0 aliphatic rings. The lowest BCUT2D eigenvalue weighted by atomic mass is 9.80. The Morgan fingerprint density at radius 3 is 1.96 bits per heavy atom. The van der Waals surface area contributed by atoms with Gasteiger partial charge in [0, 0.05) is 72.9 Å². The molecule has 2 N–H and O–H groups in total. The van der Waals surface area contributed by atoms with Crippen molar-refractivity contribution in [2.24, 2.45) is 0 Å². The van der Waals surface area contributed by atoms with Gasteiger partial charge in [0.1, 0.15) is 4.90 Å². The Bertz CT molecular complexity index is 1730. The second kappa shape index (κ2) is 14.8. The van der Waals surface area contributed by atoms with Crippen molar-refractivity contribution in [3.63, 3.8) is 0 Å². The van der Waals surface area contributed by atoms with Gasteiger partial charge in [0.2, 0.25) is 0 Å². The van der Waals surface area contributed by atoms with Crippen molar-refractivity contribution in [3.8, 4) is 0 Å². The van der Waals surface area contributed by atoms with Gasteiger partial charge in [0.25, 0.3) is 10.1 Å². The van der Waals surface area contributed by atoms with Crippen LogP contribution in [0.1, 0.15) is 68.7 Å². The zero-order valence-corrected chi connectivity index (χ0v) is 28.0. The first-order valence-corrected chi connectivity index (χ1v) is 17.3. The molecule has 0 aromatic heterocycles. The van der Waals surface area contributed by atoms with Gasteiger partial charge in [0.15, 0.2) is 0 Å². The zero-order chi connectivity index (χ0) is 33.6. The van der Waals surface area contributed by atoms with Crippen LogP contribution in [-0.4, -0.2) is 51.9 Å². The van der Waals surface area contributed by atoms with Crippen molar-refractivity contribution in [2.75, 3.05) is 47.8 Å². The quantitative estimate of drug-likeness (QED) is 0.0803. The molecule has 46 heavy (non-hydrogen) atoms. The topological polar surface area (TPSA) is 72.9 Å². The van der Waals surface area contributed by atoms with E-state index in [9.17, 15) is 26.1 Å². The molecule has 0 heterocycles. The Kier molecular flexibility index (Phi) is 11.3. The third-order valence-corrected chi connectivity index (χ3v) is 9.52. The summed E-state index contributed by atoms with van der Waals surface area (Å²) in [5.41, 5.74) is 6.26. The molecule has 1 unspecified atom stereocenters. The summed E-state index contributed by atoms with van der Waals surface area (Å²) in [6.07, 6.45) is -5.33. The van der Waals surface area contributed by atoms with Crippen molar-refractivity contribution < 1.29 is 26.1 Å². The van der Waals surface area contributed by atoms with Gasteiger partial charge in [-0.1, -0.05) is 36.4 Å². The van der Waals surface area contributed by atoms with Crippen LogP contribution in [0.4, 0.5) is 30.2 Å². The van der Waals surface area contributed by atoms with E-state index in [2.05, 4.69) is 85.3 Å². The summed E-state index contributed by atoms with van der Waals surface area (Å²) in [4.78, 5) is 4.25. The van der Waals surface area contributed by atoms with E-state index in [-0.39, 0.29) is 17.9 Å². The molecule has 0 bridgehead atoms. The van der Waals surface area contributed by atoms with E-state index in [4.69, 9.17) is 0 Å². The molecule has 4 aromatic rings. The summed E-state index contributed by atoms with van der Waals surface area (Å²) in [6, 6.07) is 22.8. The fourth-order valence-corrected chi connectivity index (χ4v) is 7.02. The number of anilines is 3. The summed E-state index contributed by atoms with van der Waals surface area (Å²) >= 11 is 0. The number of benzene rings is 4. The standard InChI is InChI=1S/C36H44F3N3O3S/c1-6-41(7-2)27-16-14-26(15-17-27)34(29-19-18-28(24-25(29)5)42(8-3)9-4)31-20-21-32(40-23-11-22-36(37,38)39)30-12-10-13-33(35(30)31)46(43,44)45/h10,12-21,24,34,40H,6-9,11,22-23H2,1-5H3,(H,43,44,45). The first kappa shape index (κ1) is 35.1. The Labute approximate surface area is 271 Å². The van der Waals surface area contributed by atoms with E-state index in [1.807, 2.05) is 13.0 Å². The van der Waals surface area contributed by atoms with Crippen LogP contribution in [0.3, 0.4) is 0 Å². The number of nitrogens with one attached hydrogen (secondary N) is 1. The number of hydrogen-bond donors (Lipinski definition) is 2. The van der Waals surface area contributed by atoms with Crippen LogP contribution < -0.4 is 15.1 Å². The van der Waals surface area contributed by atoms with Crippen LogP contribution >= 0.6 is 0 Å². The van der Waals surface area contributed by atoms with Gasteiger partial charge in [-0.05, 0) is 99.7 Å². The first-order valence-electron chi connectivity index (χ1n) is 15.9. The number of rotatable bonds is 14. The normalized spacial score (nSPS) is 12.7. The fraction of sp³-hybridized carbons (Fsp3) is 0.389. The molecule has 4 rings (SSSR count). The predicted molar refractivity (Wildman–Crippen MR) is 183 cm³/mol. The second-order valence-corrected chi connectivity index (χ2v) is 12.8. The van der Waals surface area contributed by atoms with Crippen LogP contribution in [0.15, 0.2) is 77.7 Å². The maximum absolute atomic E-state index is 12.8. The summed E-state index contributed by atoms with van der Waals surface area (Å²) < 4.78 is 74.5. The first-order chi connectivity index (χ1) is 21.8. The SMILES string of the molecule is CCN(CC)c1ccc(C(c2ccc(N(CC)CC)cc2C)c2ccc(NCCCC(F)(F)F)c3cccc(S(=O)(=O)O)c23)cc1. The lowest BCUT2D eigenvalue weighted by molar-refractivity contribution is -0.134. The third-order valence-electron chi connectivity index (χ3n) is 8.62. The van der Waals surface area contributed by atoms with E-state index >= 15 is 0 Å². The fourth-order valence-electron chi connectivity index (χ4n) is 6.28. The highest BCUT2D eigenvalue weighted by molar-refractivity contribution is 7.86. The second-order valence-electron chi connectivity index (χ2n) is 11.4. The molecule has 0 saturated carbocycles. The van der Waals surface area contributed by atoms with E-state index in [1.165, 1.54) is 12.1 Å². The molecule has 6 nitrogen and oxygen atoms in total. The average molecular weight is 656 g/mol. The molecular weight excluding hydrogens is 611 g/mol. The zero-order valence-electron chi connectivity index (χ0n) is 27.2. The van der Waals surface area contributed by atoms with Gasteiger partial charge in [-0.3, -0.25) is 4.55 Å². The van der Waals surface area contributed by atoms with E-state index in [1.54, 1.807) is 12.1 Å². The molecule has 0 aliphatic heterocycles. The van der Waals surface area contributed by atoms with Gasteiger partial charge < -0.3 is 15.1 Å². The van der Waals surface area contributed by atoms with Gasteiger partial charge >= 0.3 is 6.18 Å².